The number of hydrogen-bond acceptors (Lipinski definition) is 2. The van der Waals surface area contributed by atoms with Gasteiger partial charge in [0.25, 0.3) is 0 Å². The third kappa shape index (κ3) is 6.09. The number of likely N-dealkylation sites (tertiary alicyclic amines) is 1. The Morgan fingerprint density at radius 2 is 1.52 bits per heavy atom. The lowest BCUT2D eigenvalue weighted by molar-refractivity contribution is -0.906. The summed E-state index contributed by atoms with van der Waals surface area (Å²) in [6.45, 7) is 7.64. The molecule has 1 N–H and O–H groups in total. The van der Waals surface area contributed by atoms with Crippen LogP contribution in [0.15, 0.2) is 54.6 Å². The van der Waals surface area contributed by atoms with Crippen LogP contribution in [0.25, 0.3) is 0 Å². The van der Waals surface area contributed by atoms with Crippen molar-refractivity contribution in [2.45, 2.75) is 32.8 Å². The number of nitrogens with one attached hydrogen (secondary N) is 1. The summed E-state index contributed by atoms with van der Waals surface area (Å²) in [6.07, 6.45) is 3.87. The molecular weight excluding hydrogens is 310 g/mol. The van der Waals surface area contributed by atoms with Crippen LogP contribution in [0.3, 0.4) is 0 Å². The highest BCUT2D eigenvalue weighted by atomic mass is 16.5. The fraction of sp³-hybridized carbons (Fsp3) is 0.455. The van der Waals surface area contributed by atoms with Gasteiger partial charge in [0, 0.05) is 6.42 Å². The second-order valence-electron chi connectivity index (χ2n) is 7.13. The monoisotopic (exact) mass is 340 g/mol. The number of piperidine rings is 1. The van der Waals surface area contributed by atoms with E-state index in [9.17, 15) is 0 Å². The van der Waals surface area contributed by atoms with Crippen LogP contribution in [0, 0.1) is 5.92 Å². The quantitative estimate of drug-likeness (QED) is 0.745. The second-order valence-corrected chi connectivity index (χ2v) is 7.13. The summed E-state index contributed by atoms with van der Waals surface area (Å²) in [6, 6.07) is 18.2. The van der Waals surface area contributed by atoms with Gasteiger partial charge in [0.15, 0.2) is 0 Å². The molecule has 0 atom stereocenters. The standard InChI is InChI=1S/C22H29NO2/c1-19-12-15-23(16-13-19)14-5-17-24-21-8-10-22(11-9-21)25-18-20-6-3-2-4-7-20/h2-4,6-11,19H,5,12-18H2,1H3/p+1. The minimum absolute atomic E-state index is 0.596. The van der Waals surface area contributed by atoms with Gasteiger partial charge in [0.05, 0.1) is 26.2 Å². The summed E-state index contributed by atoms with van der Waals surface area (Å²) in [5, 5.41) is 0. The molecule has 1 heterocycles. The topological polar surface area (TPSA) is 22.9 Å². The SMILES string of the molecule is CC1CC[NH+](CCCOc2ccc(OCc3ccccc3)cc2)CC1. The van der Waals surface area contributed by atoms with Crippen LogP contribution in [0.4, 0.5) is 0 Å². The molecule has 1 aliphatic rings. The average molecular weight is 340 g/mol. The molecule has 0 aliphatic carbocycles. The molecule has 3 rings (SSSR count). The zero-order chi connectivity index (χ0) is 17.3. The van der Waals surface area contributed by atoms with Crippen LogP contribution in [0.5, 0.6) is 11.5 Å². The molecule has 0 saturated carbocycles. The van der Waals surface area contributed by atoms with E-state index in [0.717, 1.165) is 30.4 Å². The maximum absolute atomic E-state index is 5.87. The number of quaternary nitrogens is 1. The van der Waals surface area contributed by atoms with Crippen LogP contribution in [-0.4, -0.2) is 26.2 Å². The van der Waals surface area contributed by atoms with Crippen LogP contribution >= 0.6 is 0 Å². The Morgan fingerprint density at radius 1 is 0.880 bits per heavy atom. The lowest BCUT2D eigenvalue weighted by Gasteiger charge is -2.27. The summed E-state index contributed by atoms with van der Waals surface area (Å²) < 4.78 is 11.7. The van der Waals surface area contributed by atoms with E-state index in [-0.39, 0.29) is 0 Å². The number of rotatable bonds is 8. The molecule has 0 bridgehead atoms. The minimum atomic E-state index is 0.596. The van der Waals surface area contributed by atoms with E-state index in [1.807, 2.05) is 42.5 Å². The molecule has 2 aromatic rings. The van der Waals surface area contributed by atoms with Crippen molar-refractivity contribution in [2.75, 3.05) is 26.2 Å². The van der Waals surface area contributed by atoms with Gasteiger partial charge in [-0.3, -0.25) is 0 Å². The molecule has 0 unspecified atom stereocenters. The Kier molecular flexibility index (Phi) is 6.75. The minimum Gasteiger partial charge on any atom is -0.493 e. The van der Waals surface area contributed by atoms with Gasteiger partial charge in [-0.05, 0) is 48.6 Å². The van der Waals surface area contributed by atoms with Crippen molar-refractivity contribution in [2.24, 2.45) is 5.92 Å². The van der Waals surface area contributed by atoms with Gasteiger partial charge >= 0.3 is 0 Å². The molecule has 3 heteroatoms. The van der Waals surface area contributed by atoms with E-state index < -0.39 is 0 Å². The van der Waals surface area contributed by atoms with Crippen molar-refractivity contribution in [3.8, 4) is 11.5 Å². The Bertz CT molecular complexity index is 604. The lowest BCUT2D eigenvalue weighted by atomic mass is 9.99. The van der Waals surface area contributed by atoms with E-state index >= 15 is 0 Å². The smallest absolute Gasteiger partial charge is 0.120 e. The van der Waals surface area contributed by atoms with E-state index in [1.54, 1.807) is 4.90 Å². The van der Waals surface area contributed by atoms with E-state index in [1.165, 1.54) is 38.0 Å². The molecule has 1 fully saturated rings. The Labute approximate surface area is 151 Å². The molecule has 2 aromatic carbocycles. The highest BCUT2D eigenvalue weighted by Crippen LogP contribution is 2.18. The van der Waals surface area contributed by atoms with Gasteiger partial charge in [-0.2, -0.15) is 0 Å². The zero-order valence-corrected chi connectivity index (χ0v) is 15.2. The third-order valence-electron chi connectivity index (χ3n) is 5.00. The fourth-order valence-corrected chi connectivity index (χ4v) is 3.31. The molecule has 25 heavy (non-hydrogen) atoms. The lowest BCUT2D eigenvalue weighted by Crippen LogP contribution is -3.13. The maximum atomic E-state index is 5.87. The van der Waals surface area contributed by atoms with Gasteiger partial charge in [-0.1, -0.05) is 37.3 Å². The van der Waals surface area contributed by atoms with Gasteiger partial charge in [-0.25, -0.2) is 0 Å². The van der Waals surface area contributed by atoms with Crippen LogP contribution in [0.2, 0.25) is 0 Å². The third-order valence-corrected chi connectivity index (χ3v) is 5.00. The molecule has 1 aliphatic heterocycles. The first-order chi connectivity index (χ1) is 12.3. The normalized spacial score (nSPS) is 20.2. The van der Waals surface area contributed by atoms with E-state index in [4.69, 9.17) is 9.47 Å². The van der Waals surface area contributed by atoms with Crippen molar-refractivity contribution < 1.29 is 14.4 Å². The van der Waals surface area contributed by atoms with Crippen LogP contribution in [-0.2, 0) is 6.61 Å². The molecular formula is C22H30NO2+. The van der Waals surface area contributed by atoms with E-state index in [2.05, 4.69) is 19.1 Å². The molecule has 1 saturated heterocycles. The first-order valence-corrected chi connectivity index (χ1v) is 9.53. The zero-order valence-electron chi connectivity index (χ0n) is 15.2. The maximum Gasteiger partial charge on any atom is 0.120 e. The summed E-state index contributed by atoms with van der Waals surface area (Å²) >= 11 is 0. The number of ether oxygens (including phenoxy) is 2. The van der Waals surface area contributed by atoms with Gasteiger partial charge < -0.3 is 14.4 Å². The summed E-state index contributed by atoms with van der Waals surface area (Å²) in [5.41, 5.74) is 1.18. The molecule has 0 aromatic heterocycles. The highest BCUT2D eigenvalue weighted by Gasteiger charge is 2.17. The summed E-state index contributed by atoms with van der Waals surface area (Å²) in [4.78, 5) is 1.74. The predicted molar refractivity (Wildman–Crippen MR) is 101 cm³/mol. The first kappa shape index (κ1) is 17.8. The second kappa shape index (κ2) is 9.47. The average Bonchev–Trinajstić information content (AvgIpc) is 2.67. The molecule has 0 radical (unpaired) electrons. The van der Waals surface area contributed by atoms with Crippen molar-refractivity contribution >= 4 is 0 Å². The highest BCUT2D eigenvalue weighted by molar-refractivity contribution is 5.31. The largest absolute Gasteiger partial charge is 0.493 e. The van der Waals surface area contributed by atoms with Crippen LogP contribution < -0.4 is 14.4 Å². The summed E-state index contributed by atoms with van der Waals surface area (Å²) in [5.74, 6) is 2.72. The van der Waals surface area contributed by atoms with Gasteiger partial charge in [0.2, 0.25) is 0 Å². The fourth-order valence-electron chi connectivity index (χ4n) is 3.31. The van der Waals surface area contributed by atoms with Crippen molar-refractivity contribution in [1.82, 2.24) is 0 Å². The van der Waals surface area contributed by atoms with Crippen molar-refractivity contribution in [1.29, 1.82) is 0 Å². The Morgan fingerprint density at radius 3 is 2.20 bits per heavy atom. The Hall–Kier alpha value is -2.00. The number of benzene rings is 2. The van der Waals surface area contributed by atoms with Gasteiger partial charge in [-0.15, -0.1) is 0 Å². The van der Waals surface area contributed by atoms with Gasteiger partial charge in [0.1, 0.15) is 18.1 Å². The van der Waals surface area contributed by atoms with Crippen molar-refractivity contribution in [3.05, 3.63) is 60.2 Å². The van der Waals surface area contributed by atoms with Crippen molar-refractivity contribution in [3.63, 3.8) is 0 Å². The predicted octanol–water partition coefficient (Wildman–Crippen LogP) is 3.35. The molecule has 3 nitrogen and oxygen atoms in total. The summed E-state index contributed by atoms with van der Waals surface area (Å²) in [7, 11) is 0. The van der Waals surface area contributed by atoms with E-state index in [0.29, 0.717) is 6.61 Å². The molecule has 134 valence electrons. The number of hydrogen-bond donors (Lipinski definition) is 1. The molecule has 0 spiro atoms. The molecule has 0 amide bonds. The first-order valence-electron chi connectivity index (χ1n) is 9.53. The Balaban J connectivity index is 1.33. The van der Waals surface area contributed by atoms with Crippen LogP contribution in [0.1, 0.15) is 31.7 Å².